The van der Waals surface area contributed by atoms with Gasteiger partial charge in [0.15, 0.2) is 0 Å². The van der Waals surface area contributed by atoms with Crippen LogP contribution in [0.1, 0.15) is 0 Å². The molecule has 5 heavy (non-hydrogen) atoms. The van der Waals surface area contributed by atoms with Crippen LogP contribution in [0.3, 0.4) is 0 Å². The Kier molecular flexibility index (Phi) is 19100. The molecule has 0 aliphatic carbocycles. The molecular weight excluding hydrogens is 117 g/mol. The number of rotatable bonds is 0. The van der Waals surface area contributed by atoms with E-state index in [9.17, 15) is 0 Å². The first-order valence-electron chi connectivity index (χ1n) is 0. The smallest absolute Gasteiger partial charge is 1.00 e. The maximum Gasteiger partial charge on any atom is 4.00 e. The molecule has 0 aromatic carbocycles. The van der Waals surface area contributed by atoms with Crippen molar-refractivity contribution in [2.45, 2.75) is 0 Å². The first kappa shape index (κ1) is 439. The SMILES string of the molecule is [CH3-].[F-].[F-].[F-].[Ti+4]. The molecule has 0 nitrogen and oxygen atoms in total. The van der Waals surface area contributed by atoms with Crippen molar-refractivity contribution in [1.29, 1.82) is 0 Å². The first-order chi connectivity index (χ1) is 0. The van der Waals surface area contributed by atoms with Gasteiger partial charge in [-0.3, -0.25) is 0 Å². The van der Waals surface area contributed by atoms with Crippen LogP contribution in [-0.4, -0.2) is 0 Å². The predicted molar refractivity (Wildman–Crippen MR) is 6.41 cm³/mol. The molecule has 0 spiro atoms. The van der Waals surface area contributed by atoms with Crippen molar-refractivity contribution in [3.8, 4) is 0 Å². The van der Waals surface area contributed by atoms with Crippen LogP contribution >= 0.6 is 0 Å². The fourth-order valence-electron chi connectivity index (χ4n) is 0. The maximum absolute atomic E-state index is 0. The van der Waals surface area contributed by atoms with Gasteiger partial charge in [-0.25, -0.2) is 0 Å². The molecule has 0 fully saturated rings. The summed E-state index contributed by atoms with van der Waals surface area (Å²) >= 11 is 0. The molecule has 0 aromatic heterocycles. The summed E-state index contributed by atoms with van der Waals surface area (Å²) in [6.07, 6.45) is 0. The van der Waals surface area contributed by atoms with E-state index in [-0.39, 0.29) is 43.3 Å². The van der Waals surface area contributed by atoms with Gasteiger partial charge in [-0.15, -0.1) is 0 Å². The second kappa shape index (κ2) is 218. The summed E-state index contributed by atoms with van der Waals surface area (Å²) in [6.45, 7) is 0. The van der Waals surface area contributed by atoms with Gasteiger partial charge < -0.3 is 21.5 Å². The summed E-state index contributed by atoms with van der Waals surface area (Å²) in [6, 6.07) is 0. The van der Waals surface area contributed by atoms with Crippen LogP contribution in [0.25, 0.3) is 0 Å². The van der Waals surface area contributed by atoms with Crippen LogP contribution in [-0.2, 0) is 21.7 Å². The van der Waals surface area contributed by atoms with Crippen molar-refractivity contribution in [2.75, 3.05) is 0 Å². The van der Waals surface area contributed by atoms with Gasteiger partial charge in [0.2, 0.25) is 0 Å². The maximum atomic E-state index is 0. The quantitative estimate of drug-likeness (QED) is 0.220. The molecule has 0 heterocycles. The second-order valence-corrected chi connectivity index (χ2v) is 0. The molecule has 0 amide bonds. The standard InChI is InChI=1S/CH3.3FH.Ti/h1H3;3*1H;/q-1;;;;+4/p-3. The van der Waals surface area contributed by atoms with Crippen LogP contribution in [0, 0.1) is 7.43 Å². The molecule has 32 valence electrons. The molecular formula is CH3F3Ti. The Hall–Kier alpha value is 0.504. The normalized spacial score (nSPS) is 0. The van der Waals surface area contributed by atoms with Crippen LogP contribution < -0.4 is 14.1 Å². The zero-order valence-electron chi connectivity index (χ0n) is 2.63. The molecule has 0 bridgehead atoms. The molecule has 0 saturated carbocycles. The predicted octanol–water partition coefficient (Wildman–Crippen LogP) is -8.54. The topological polar surface area (TPSA) is 0 Å². The Morgan fingerprint density at radius 3 is 0.600 bits per heavy atom. The van der Waals surface area contributed by atoms with E-state index >= 15 is 0 Å². The van der Waals surface area contributed by atoms with E-state index in [2.05, 4.69) is 0 Å². The third kappa shape index (κ3) is 111. The van der Waals surface area contributed by atoms with Crippen LogP contribution in [0.5, 0.6) is 0 Å². The molecule has 0 N–H and O–H groups in total. The fraction of sp³-hybridized carbons (Fsp3) is 0. The van der Waals surface area contributed by atoms with Gasteiger partial charge in [-0.2, -0.15) is 0 Å². The molecule has 0 radical (unpaired) electrons. The molecule has 0 unspecified atom stereocenters. The van der Waals surface area contributed by atoms with E-state index in [4.69, 9.17) is 0 Å². The van der Waals surface area contributed by atoms with Crippen LogP contribution in [0.15, 0.2) is 0 Å². The largest absolute Gasteiger partial charge is 4.00 e. The summed E-state index contributed by atoms with van der Waals surface area (Å²) in [4.78, 5) is 0. The first-order valence-corrected chi connectivity index (χ1v) is 0. The van der Waals surface area contributed by atoms with E-state index < -0.39 is 0 Å². The van der Waals surface area contributed by atoms with Gasteiger partial charge >= 0.3 is 21.7 Å². The number of halogens is 3. The van der Waals surface area contributed by atoms with Crippen molar-refractivity contribution in [3.05, 3.63) is 7.43 Å². The van der Waals surface area contributed by atoms with Gasteiger partial charge in [0, 0.05) is 0 Å². The number of hydrogen-bond acceptors (Lipinski definition) is 0. The van der Waals surface area contributed by atoms with E-state index in [1.165, 1.54) is 0 Å². The Labute approximate surface area is 43.9 Å². The molecule has 0 aliphatic rings. The monoisotopic (exact) mass is 120 g/mol. The molecule has 0 saturated heterocycles. The summed E-state index contributed by atoms with van der Waals surface area (Å²) in [5.74, 6) is 0. The van der Waals surface area contributed by atoms with Crippen LogP contribution in [0.2, 0.25) is 0 Å². The Bertz CT molecular complexity index is 6.85. The minimum Gasteiger partial charge on any atom is -1.00 e. The summed E-state index contributed by atoms with van der Waals surface area (Å²) in [7, 11) is 0. The average Bonchev–Trinajstić information content (AvgIpc) is 0. The molecule has 0 aliphatic heterocycles. The van der Waals surface area contributed by atoms with E-state index in [1.807, 2.05) is 0 Å². The van der Waals surface area contributed by atoms with Crippen molar-refractivity contribution in [3.63, 3.8) is 0 Å². The summed E-state index contributed by atoms with van der Waals surface area (Å²) < 4.78 is 0. The van der Waals surface area contributed by atoms with E-state index in [0.29, 0.717) is 0 Å². The van der Waals surface area contributed by atoms with E-state index in [1.54, 1.807) is 0 Å². The Morgan fingerprint density at radius 2 is 0.600 bits per heavy atom. The third-order valence-corrected chi connectivity index (χ3v) is 0. The average molecular weight is 120 g/mol. The Balaban J connectivity index is 0. The molecule has 0 aromatic rings. The van der Waals surface area contributed by atoms with Gasteiger partial charge in [-0.1, -0.05) is 0 Å². The molecule has 0 atom stereocenters. The molecule has 4 heteroatoms. The molecule has 0 rings (SSSR count). The fourth-order valence-corrected chi connectivity index (χ4v) is 0. The van der Waals surface area contributed by atoms with Gasteiger partial charge in [0.05, 0.1) is 0 Å². The van der Waals surface area contributed by atoms with Gasteiger partial charge in [0.1, 0.15) is 0 Å². The zero-order chi connectivity index (χ0) is 0. The third-order valence-electron chi connectivity index (χ3n) is 0. The Morgan fingerprint density at radius 1 is 0.600 bits per heavy atom. The minimum atomic E-state index is 0. The van der Waals surface area contributed by atoms with Crippen molar-refractivity contribution in [1.82, 2.24) is 0 Å². The van der Waals surface area contributed by atoms with Gasteiger partial charge in [0.25, 0.3) is 0 Å². The van der Waals surface area contributed by atoms with Crippen molar-refractivity contribution in [2.24, 2.45) is 0 Å². The van der Waals surface area contributed by atoms with E-state index in [0.717, 1.165) is 0 Å². The summed E-state index contributed by atoms with van der Waals surface area (Å²) in [5, 5.41) is 0. The van der Waals surface area contributed by atoms with Crippen LogP contribution in [0.4, 0.5) is 0 Å². The number of hydrogen-bond donors (Lipinski definition) is 0. The van der Waals surface area contributed by atoms with Crippen molar-refractivity contribution < 1.29 is 35.8 Å². The second-order valence-electron chi connectivity index (χ2n) is 0. The van der Waals surface area contributed by atoms with Gasteiger partial charge in [-0.05, 0) is 0 Å². The minimum absolute atomic E-state index is 0. The zero-order valence-corrected chi connectivity index (χ0v) is 4.20. The summed E-state index contributed by atoms with van der Waals surface area (Å²) in [5.41, 5.74) is 0. The van der Waals surface area contributed by atoms with Crippen molar-refractivity contribution >= 4 is 0 Å².